The van der Waals surface area contributed by atoms with E-state index < -0.39 is 46.2 Å². The Balaban J connectivity index is 2.48. The van der Waals surface area contributed by atoms with Gasteiger partial charge in [-0.2, -0.15) is 0 Å². The number of nitrogens with zero attached hydrogens (tertiary/aromatic N) is 1. The molecule has 1 heterocycles. The minimum Gasteiger partial charge on any atom is -0.465 e. The molecule has 3 N–H and O–H groups in total. The molecule has 1 aliphatic heterocycles. The van der Waals surface area contributed by atoms with E-state index >= 15 is 0 Å². The van der Waals surface area contributed by atoms with Crippen LogP contribution in [0.15, 0.2) is 12.2 Å². The van der Waals surface area contributed by atoms with Gasteiger partial charge >= 0.3 is 5.97 Å². The topological polar surface area (TPSA) is 133 Å². The Morgan fingerprint density at radius 1 is 1.10 bits per heavy atom. The normalized spacial score (nSPS) is 16.1. The van der Waals surface area contributed by atoms with Crippen LogP contribution < -0.4 is 5.32 Å². The highest BCUT2D eigenvalue weighted by Crippen LogP contribution is 2.34. The highest BCUT2D eigenvalue weighted by molar-refractivity contribution is 6.13. The Morgan fingerprint density at radius 3 is 2.13 bits per heavy atom. The maximum absolute atomic E-state index is 12.5. The zero-order valence-corrected chi connectivity index (χ0v) is 18.7. The summed E-state index contributed by atoms with van der Waals surface area (Å²) < 4.78 is 5.30. The van der Waals surface area contributed by atoms with Crippen molar-refractivity contribution in [2.75, 3.05) is 19.8 Å². The third-order valence-corrected chi connectivity index (χ3v) is 5.09. The molecule has 0 saturated heterocycles. The van der Waals surface area contributed by atoms with Crippen LogP contribution >= 0.6 is 0 Å². The molecule has 3 amide bonds. The van der Waals surface area contributed by atoms with E-state index in [2.05, 4.69) is 5.32 Å². The SMILES string of the molecule is CC(C)(CC(C)(C)N1C(=O)C=CC1=O)C(=O)OCCCNC(=O)C(O)C(C)(C)CO. The predicted octanol–water partition coefficient (Wildman–Crippen LogP) is 0.535. The van der Waals surface area contributed by atoms with Crippen LogP contribution in [-0.4, -0.2) is 70.2 Å². The van der Waals surface area contributed by atoms with E-state index in [1.165, 1.54) is 12.2 Å². The van der Waals surface area contributed by atoms with Crippen molar-refractivity contribution in [3.63, 3.8) is 0 Å². The predicted molar refractivity (Wildman–Crippen MR) is 109 cm³/mol. The van der Waals surface area contributed by atoms with E-state index in [4.69, 9.17) is 4.74 Å². The van der Waals surface area contributed by atoms with E-state index in [1.54, 1.807) is 41.5 Å². The quantitative estimate of drug-likeness (QED) is 0.249. The number of hydrogen-bond acceptors (Lipinski definition) is 7. The van der Waals surface area contributed by atoms with Gasteiger partial charge < -0.3 is 20.3 Å². The van der Waals surface area contributed by atoms with Gasteiger partial charge in [-0.15, -0.1) is 0 Å². The van der Waals surface area contributed by atoms with Crippen LogP contribution in [0.25, 0.3) is 0 Å². The van der Waals surface area contributed by atoms with Gasteiger partial charge in [0.1, 0.15) is 6.10 Å². The number of carbonyl (C=O) groups is 4. The Hall–Kier alpha value is -2.26. The molecular formula is C21H34N2O7. The van der Waals surface area contributed by atoms with Crippen molar-refractivity contribution in [1.29, 1.82) is 0 Å². The summed E-state index contributed by atoms with van der Waals surface area (Å²) >= 11 is 0. The molecule has 9 nitrogen and oxygen atoms in total. The number of aliphatic hydroxyl groups is 2. The molecule has 0 bridgehead atoms. The first-order valence-electron chi connectivity index (χ1n) is 9.96. The molecule has 0 radical (unpaired) electrons. The van der Waals surface area contributed by atoms with Gasteiger partial charge in [0.25, 0.3) is 11.8 Å². The molecule has 1 aliphatic rings. The number of hydrogen-bond donors (Lipinski definition) is 3. The van der Waals surface area contributed by atoms with Crippen LogP contribution in [-0.2, 0) is 23.9 Å². The largest absolute Gasteiger partial charge is 0.465 e. The van der Waals surface area contributed by atoms with Crippen molar-refractivity contribution in [3.8, 4) is 0 Å². The van der Waals surface area contributed by atoms with Crippen molar-refractivity contribution < 1.29 is 34.1 Å². The summed E-state index contributed by atoms with van der Waals surface area (Å²) in [5.74, 6) is -1.89. The van der Waals surface area contributed by atoms with Gasteiger partial charge in [-0.3, -0.25) is 24.1 Å². The van der Waals surface area contributed by atoms with Gasteiger partial charge in [0.05, 0.1) is 18.6 Å². The Kier molecular flexibility index (Phi) is 8.33. The number of amides is 3. The van der Waals surface area contributed by atoms with E-state index in [0.717, 1.165) is 4.90 Å². The molecule has 0 aromatic carbocycles. The molecule has 1 atom stereocenters. The molecule has 9 heteroatoms. The number of ether oxygens (including phenoxy) is 1. The molecule has 0 aromatic rings. The fourth-order valence-corrected chi connectivity index (χ4v) is 3.41. The Morgan fingerprint density at radius 2 is 1.63 bits per heavy atom. The average molecular weight is 427 g/mol. The lowest BCUT2D eigenvalue weighted by Crippen LogP contribution is -2.51. The van der Waals surface area contributed by atoms with Gasteiger partial charge in [0.2, 0.25) is 5.91 Å². The van der Waals surface area contributed by atoms with E-state index in [1.807, 2.05) is 0 Å². The maximum Gasteiger partial charge on any atom is 0.311 e. The second-order valence-corrected chi connectivity index (χ2v) is 9.55. The lowest BCUT2D eigenvalue weighted by molar-refractivity contribution is -0.158. The molecule has 0 aromatic heterocycles. The second kappa shape index (κ2) is 9.70. The molecule has 1 unspecified atom stereocenters. The van der Waals surface area contributed by atoms with E-state index in [9.17, 15) is 29.4 Å². The monoisotopic (exact) mass is 426 g/mol. The third-order valence-electron chi connectivity index (χ3n) is 5.09. The van der Waals surface area contributed by atoms with E-state index in [-0.39, 0.29) is 26.2 Å². The minimum atomic E-state index is -1.35. The summed E-state index contributed by atoms with van der Waals surface area (Å²) in [6, 6.07) is 0. The van der Waals surface area contributed by atoms with Gasteiger partial charge in [0.15, 0.2) is 0 Å². The molecule has 1 rings (SSSR count). The summed E-state index contributed by atoms with van der Waals surface area (Å²) in [7, 11) is 0. The molecule has 0 fully saturated rings. The number of esters is 1. The lowest BCUT2D eigenvalue weighted by Gasteiger charge is -2.39. The summed E-state index contributed by atoms with van der Waals surface area (Å²) in [6.45, 7) is 9.87. The second-order valence-electron chi connectivity index (χ2n) is 9.55. The summed E-state index contributed by atoms with van der Waals surface area (Å²) in [4.78, 5) is 49.4. The van der Waals surface area contributed by atoms with Gasteiger partial charge in [-0.05, 0) is 40.5 Å². The molecule has 170 valence electrons. The Labute approximate surface area is 177 Å². The van der Waals surface area contributed by atoms with Gasteiger partial charge in [-0.1, -0.05) is 13.8 Å². The summed E-state index contributed by atoms with van der Waals surface area (Å²) in [5.41, 5.74) is -2.78. The maximum atomic E-state index is 12.5. The van der Waals surface area contributed by atoms with Crippen LogP contribution in [0.3, 0.4) is 0 Å². The fraction of sp³-hybridized carbons (Fsp3) is 0.714. The first kappa shape index (κ1) is 25.8. The smallest absolute Gasteiger partial charge is 0.311 e. The molecule has 30 heavy (non-hydrogen) atoms. The first-order chi connectivity index (χ1) is 13.7. The standard InChI is InChI=1S/C21H34N2O7/c1-19(2,12-21(5,6)23-14(25)8-9-15(23)26)18(29)30-11-7-10-22-17(28)16(27)20(3,4)13-24/h8-9,16,24,27H,7,10-13H2,1-6H3,(H,22,28). The average Bonchev–Trinajstić information content (AvgIpc) is 2.98. The fourth-order valence-electron chi connectivity index (χ4n) is 3.41. The van der Waals surface area contributed by atoms with Crippen LogP contribution in [0.4, 0.5) is 0 Å². The minimum absolute atomic E-state index is 0.0611. The van der Waals surface area contributed by atoms with Crippen LogP contribution in [0.5, 0.6) is 0 Å². The highest BCUT2D eigenvalue weighted by Gasteiger charge is 2.43. The lowest BCUT2D eigenvalue weighted by atomic mass is 9.79. The van der Waals surface area contributed by atoms with Crippen molar-refractivity contribution in [1.82, 2.24) is 10.2 Å². The number of imide groups is 1. The first-order valence-corrected chi connectivity index (χ1v) is 9.96. The van der Waals surface area contributed by atoms with Crippen molar-refractivity contribution in [2.45, 2.75) is 66.0 Å². The molecule has 0 saturated carbocycles. The third kappa shape index (κ3) is 6.37. The molecule has 0 spiro atoms. The Bertz CT molecular complexity index is 692. The van der Waals surface area contributed by atoms with Gasteiger partial charge in [-0.25, -0.2) is 0 Å². The zero-order chi connectivity index (χ0) is 23.3. The van der Waals surface area contributed by atoms with Crippen LogP contribution in [0.2, 0.25) is 0 Å². The summed E-state index contributed by atoms with van der Waals surface area (Å²) in [6.07, 6.45) is 1.63. The molecule has 0 aliphatic carbocycles. The number of rotatable bonds is 11. The summed E-state index contributed by atoms with van der Waals surface area (Å²) in [5, 5.41) is 21.7. The number of aliphatic hydroxyl groups excluding tert-OH is 2. The highest BCUT2D eigenvalue weighted by atomic mass is 16.5. The van der Waals surface area contributed by atoms with Crippen molar-refractivity contribution in [2.24, 2.45) is 10.8 Å². The number of nitrogens with one attached hydrogen (secondary N) is 1. The zero-order valence-electron chi connectivity index (χ0n) is 18.7. The van der Waals surface area contributed by atoms with Crippen LogP contribution in [0.1, 0.15) is 54.4 Å². The number of carbonyl (C=O) groups excluding carboxylic acids is 4. The van der Waals surface area contributed by atoms with Crippen molar-refractivity contribution >= 4 is 23.7 Å². The van der Waals surface area contributed by atoms with E-state index in [0.29, 0.717) is 6.42 Å². The van der Waals surface area contributed by atoms with Gasteiger partial charge in [0, 0.05) is 29.7 Å². The van der Waals surface area contributed by atoms with Crippen LogP contribution in [0, 0.1) is 10.8 Å². The molecular weight excluding hydrogens is 392 g/mol. The van der Waals surface area contributed by atoms with Crippen molar-refractivity contribution in [3.05, 3.63) is 12.2 Å².